The van der Waals surface area contributed by atoms with Gasteiger partial charge in [-0.05, 0) is 42.7 Å². The number of ether oxygens (including phenoxy) is 1. The van der Waals surface area contributed by atoms with Crippen molar-refractivity contribution in [1.82, 2.24) is 4.31 Å². The average Bonchev–Trinajstić information content (AvgIpc) is 2.67. The summed E-state index contributed by atoms with van der Waals surface area (Å²) in [6, 6.07) is 12.2. The number of hydrogen-bond donors (Lipinski definition) is 1. The maximum Gasteiger partial charge on any atom is 0.242 e. The van der Waals surface area contributed by atoms with Crippen LogP contribution in [0.2, 0.25) is 0 Å². The molecule has 0 saturated carbocycles. The smallest absolute Gasteiger partial charge is 0.242 e. The summed E-state index contributed by atoms with van der Waals surface area (Å²) in [7, 11) is -3.44. The summed E-state index contributed by atoms with van der Waals surface area (Å²) in [6.45, 7) is 0.625. The Morgan fingerprint density at radius 3 is 2.68 bits per heavy atom. The summed E-state index contributed by atoms with van der Waals surface area (Å²) in [6.07, 6.45) is 3.19. The van der Waals surface area contributed by atoms with Crippen molar-refractivity contribution >= 4 is 21.6 Å². The number of sulfonamides is 1. The van der Waals surface area contributed by atoms with Gasteiger partial charge in [-0.25, -0.2) is 12.8 Å². The molecule has 28 heavy (non-hydrogen) atoms. The van der Waals surface area contributed by atoms with Crippen LogP contribution in [0.25, 0.3) is 0 Å². The van der Waals surface area contributed by atoms with E-state index in [0.717, 1.165) is 24.7 Å². The highest BCUT2D eigenvalue weighted by Gasteiger charge is 2.34. The van der Waals surface area contributed by atoms with Crippen molar-refractivity contribution in [3.8, 4) is 5.75 Å². The molecule has 0 aromatic heterocycles. The number of piperidine rings is 1. The summed E-state index contributed by atoms with van der Waals surface area (Å²) in [4.78, 5) is 12.7. The van der Waals surface area contributed by atoms with Gasteiger partial charge < -0.3 is 10.1 Å². The molecule has 1 N–H and O–H groups in total. The molecule has 0 radical (unpaired) electrons. The molecule has 1 fully saturated rings. The zero-order chi connectivity index (χ0) is 20.1. The van der Waals surface area contributed by atoms with Crippen molar-refractivity contribution in [2.75, 3.05) is 18.1 Å². The van der Waals surface area contributed by atoms with Crippen molar-refractivity contribution in [3.05, 3.63) is 59.9 Å². The lowest BCUT2D eigenvalue weighted by Gasteiger charge is -2.32. The number of carbonyl (C=O) groups is 1. The monoisotopic (exact) mass is 406 g/mol. The fourth-order valence-electron chi connectivity index (χ4n) is 3.20. The zero-order valence-corrected chi connectivity index (χ0v) is 16.4. The molecule has 0 bridgehead atoms. The van der Waals surface area contributed by atoms with Crippen LogP contribution in [0.4, 0.5) is 10.1 Å². The van der Waals surface area contributed by atoms with E-state index in [-0.39, 0.29) is 18.3 Å². The van der Waals surface area contributed by atoms with E-state index in [4.69, 9.17) is 4.74 Å². The standard InChI is InChI=1S/C20H23FN2O4S/c1-28(25,26)23-12-3-2-7-19(23)20(24)22-17-5-4-6-18(13-17)27-14-15-8-10-16(21)11-9-15/h4-6,8-11,13,19H,2-3,7,12,14H2,1H3,(H,22,24)/t19-/m0/s1. The molecular formula is C20H23FN2O4S. The quantitative estimate of drug-likeness (QED) is 0.800. The van der Waals surface area contributed by atoms with Gasteiger partial charge in [-0.3, -0.25) is 4.79 Å². The molecule has 2 aromatic carbocycles. The molecular weight excluding hydrogens is 383 g/mol. The molecule has 0 spiro atoms. The van der Waals surface area contributed by atoms with Crippen LogP contribution in [-0.4, -0.2) is 37.5 Å². The first kappa shape index (κ1) is 20.3. The minimum atomic E-state index is -3.44. The molecule has 0 aliphatic carbocycles. The summed E-state index contributed by atoms with van der Waals surface area (Å²) < 4.78 is 43.8. The first-order chi connectivity index (χ1) is 13.3. The molecule has 1 aliphatic heterocycles. The third-order valence-electron chi connectivity index (χ3n) is 4.60. The number of nitrogens with one attached hydrogen (secondary N) is 1. The van der Waals surface area contributed by atoms with E-state index in [1.807, 2.05) is 0 Å². The van der Waals surface area contributed by atoms with Crippen LogP contribution in [0.15, 0.2) is 48.5 Å². The molecule has 0 unspecified atom stereocenters. The summed E-state index contributed by atoms with van der Waals surface area (Å²) in [5, 5.41) is 2.79. The van der Waals surface area contributed by atoms with Crippen LogP contribution < -0.4 is 10.1 Å². The number of hydrogen-bond acceptors (Lipinski definition) is 4. The minimum absolute atomic E-state index is 0.266. The molecule has 1 saturated heterocycles. The van der Waals surface area contributed by atoms with E-state index in [1.165, 1.54) is 16.4 Å². The van der Waals surface area contributed by atoms with E-state index in [1.54, 1.807) is 36.4 Å². The molecule has 150 valence electrons. The fraction of sp³-hybridized carbons (Fsp3) is 0.350. The van der Waals surface area contributed by atoms with Crippen molar-refractivity contribution in [1.29, 1.82) is 0 Å². The highest BCUT2D eigenvalue weighted by Crippen LogP contribution is 2.23. The third-order valence-corrected chi connectivity index (χ3v) is 5.89. The first-order valence-corrected chi connectivity index (χ1v) is 10.9. The average molecular weight is 406 g/mol. The number of amides is 1. The van der Waals surface area contributed by atoms with Gasteiger partial charge in [-0.2, -0.15) is 4.31 Å². The Balaban J connectivity index is 1.64. The molecule has 1 heterocycles. The van der Waals surface area contributed by atoms with Crippen LogP contribution in [0.3, 0.4) is 0 Å². The molecule has 6 nitrogen and oxygen atoms in total. The number of benzene rings is 2. The Morgan fingerprint density at radius 1 is 1.21 bits per heavy atom. The van der Waals surface area contributed by atoms with E-state index in [2.05, 4.69) is 5.32 Å². The summed E-state index contributed by atoms with van der Waals surface area (Å²) >= 11 is 0. The van der Waals surface area contributed by atoms with Crippen LogP contribution in [0.5, 0.6) is 5.75 Å². The zero-order valence-electron chi connectivity index (χ0n) is 15.6. The summed E-state index contributed by atoms with van der Waals surface area (Å²) in [5.74, 6) is -0.106. The van der Waals surface area contributed by atoms with Gasteiger partial charge in [-0.1, -0.05) is 24.6 Å². The Hall–Kier alpha value is -2.45. The molecule has 1 aliphatic rings. The lowest BCUT2D eigenvalue weighted by atomic mass is 10.0. The van der Waals surface area contributed by atoms with Gasteiger partial charge in [0.2, 0.25) is 15.9 Å². The van der Waals surface area contributed by atoms with Crippen molar-refractivity contribution in [2.24, 2.45) is 0 Å². The van der Waals surface area contributed by atoms with Gasteiger partial charge >= 0.3 is 0 Å². The highest BCUT2D eigenvalue weighted by atomic mass is 32.2. The van der Waals surface area contributed by atoms with Gasteiger partial charge in [0.15, 0.2) is 0 Å². The van der Waals surface area contributed by atoms with E-state index in [0.29, 0.717) is 24.4 Å². The molecule has 1 atom stereocenters. The molecule has 2 aromatic rings. The number of halogens is 1. The highest BCUT2D eigenvalue weighted by molar-refractivity contribution is 7.88. The van der Waals surface area contributed by atoms with E-state index >= 15 is 0 Å². The SMILES string of the molecule is CS(=O)(=O)N1CCCC[C@H]1C(=O)Nc1cccc(OCc2ccc(F)cc2)c1. The predicted molar refractivity (Wildman–Crippen MR) is 105 cm³/mol. The van der Waals surface area contributed by atoms with Crippen LogP contribution in [-0.2, 0) is 21.4 Å². The summed E-state index contributed by atoms with van der Waals surface area (Å²) in [5.41, 5.74) is 1.35. The topological polar surface area (TPSA) is 75.7 Å². The van der Waals surface area contributed by atoms with Crippen molar-refractivity contribution < 1.29 is 22.3 Å². The predicted octanol–water partition coefficient (Wildman–Crippen LogP) is 3.16. The van der Waals surface area contributed by atoms with Gasteiger partial charge in [0.25, 0.3) is 0 Å². The van der Waals surface area contributed by atoms with Crippen molar-refractivity contribution in [3.63, 3.8) is 0 Å². The molecule has 1 amide bonds. The molecule has 8 heteroatoms. The minimum Gasteiger partial charge on any atom is -0.489 e. The molecule has 3 rings (SSSR count). The van der Waals surface area contributed by atoms with Gasteiger partial charge in [0.05, 0.1) is 6.26 Å². The van der Waals surface area contributed by atoms with Crippen LogP contribution in [0.1, 0.15) is 24.8 Å². The van der Waals surface area contributed by atoms with Crippen molar-refractivity contribution in [2.45, 2.75) is 31.9 Å². The fourth-order valence-corrected chi connectivity index (χ4v) is 4.32. The Bertz CT molecular complexity index is 931. The second kappa shape index (κ2) is 8.70. The normalized spacial score (nSPS) is 17.9. The second-order valence-electron chi connectivity index (χ2n) is 6.82. The third kappa shape index (κ3) is 5.30. The second-order valence-corrected chi connectivity index (χ2v) is 8.75. The van der Waals surface area contributed by atoms with E-state index in [9.17, 15) is 17.6 Å². The van der Waals surface area contributed by atoms with Gasteiger partial charge in [0.1, 0.15) is 24.2 Å². The lowest BCUT2D eigenvalue weighted by Crippen LogP contribution is -2.49. The Labute approximate surface area is 164 Å². The largest absolute Gasteiger partial charge is 0.489 e. The maximum atomic E-state index is 13.0. The maximum absolute atomic E-state index is 13.0. The van der Waals surface area contributed by atoms with Gasteiger partial charge in [0, 0.05) is 18.3 Å². The number of anilines is 1. The Kier molecular flexibility index (Phi) is 6.31. The first-order valence-electron chi connectivity index (χ1n) is 9.08. The van der Waals surface area contributed by atoms with Crippen LogP contribution >= 0.6 is 0 Å². The van der Waals surface area contributed by atoms with Gasteiger partial charge in [-0.15, -0.1) is 0 Å². The lowest BCUT2D eigenvalue weighted by molar-refractivity contribution is -0.120. The number of nitrogens with zero attached hydrogens (tertiary/aromatic N) is 1. The Morgan fingerprint density at radius 2 is 1.96 bits per heavy atom. The van der Waals surface area contributed by atoms with Crippen LogP contribution in [0, 0.1) is 5.82 Å². The number of rotatable bonds is 6. The van der Waals surface area contributed by atoms with E-state index < -0.39 is 16.1 Å². The number of carbonyl (C=O) groups excluding carboxylic acids is 1.